The lowest BCUT2D eigenvalue weighted by molar-refractivity contribution is 0.0288. The molecular formula is C24H33NO5. The van der Waals surface area contributed by atoms with Gasteiger partial charge in [0.15, 0.2) is 11.5 Å². The first-order valence-electron chi connectivity index (χ1n) is 10.3. The number of nitrogens with zero attached hydrogens (tertiary/aromatic N) is 1. The summed E-state index contributed by atoms with van der Waals surface area (Å²) >= 11 is 0. The molecule has 0 amide bonds. The number of methoxy groups -OCH3 is 4. The monoisotopic (exact) mass is 415 g/mol. The van der Waals surface area contributed by atoms with E-state index in [4.69, 9.17) is 18.9 Å². The average molecular weight is 416 g/mol. The fraction of sp³-hybridized carbons (Fsp3) is 0.500. The Labute approximate surface area is 179 Å². The number of hydrogen-bond acceptors (Lipinski definition) is 6. The van der Waals surface area contributed by atoms with E-state index in [2.05, 4.69) is 17.0 Å². The Balaban J connectivity index is 1.78. The molecular weight excluding hydrogens is 382 g/mol. The van der Waals surface area contributed by atoms with Crippen LogP contribution in [0, 0.1) is 5.41 Å². The van der Waals surface area contributed by atoms with E-state index < -0.39 is 0 Å². The molecule has 1 N–H and O–H groups in total. The van der Waals surface area contributed by atoms with E-state index in [1.54, 1.807) is 28.4 Å². The van der Waals surface area contributed by atoms with Crippen molar-refractivity contribution >= 4 is 0 Å². The molecule has 30 heavy (non-hydrogen) atoms. The van der Waals surface area contributed by atoms with Crippen molar-refractivity contribution in [3.8, 4) is 23.0 Å². The van der Waals surface area contributed by atoms with Gasteiger partial charge < -0.3 is 24.1 Å². The Morgan fingerprint density at radius 3 is 2.27 bits per heavy atom. The molecule has 0 spiro atoms. The Morgan fingerprint density at radius 1 is 0.933 bits per heavy atom. The molecule has 6 nitrogen and oxygen atoms in total. The van der Waals surface area contributed by atoms with Gasteiger partial charge >= 0.3 is 0 Å². The highest BCUT2D eigenvalue weighted by molar-refractivity contribution is 5.53. The Kier molecular flexibility index (Phi) is 7.45. The van der Waals surface area contributed by atoms with Gasteiger partial charge in [-0.3, -0.25) is 4.90 Å². The third-order valence-corrected chi connectivity index (χ3v) is 5.92. The summed E-state index contributed by atoms with van der Waals surface area (Å²) in [5.74, 6) is 2.78. The molecule has 0 bridgehead atoms. The molecule has 1 aliphatic rings. The van der Waals surface area contributed by atoms with Crippen molar-refractivity contribution in [2.75, 3.05) is 48.1 Å². The lowest BCUT2D eigenvalue weighted by Gasteiger charge is -2.42. The van der Waals surface area contributed by atoms with Gasteiger partial charge in [0.05, 0.1) is 35.0 Å². The summed E-state index contributed by atoms with van der Waals surface area (Å²) in [7, 11) is 6.55. The van der Waals surface area contributed by atoms with Crippen LogP contribution >= 0.6 is 0 Å². The lowest BCUT2D eigenvalue weighted by atomic mass is 9.75. The zero-order chi connectivity index (χ0) is 21.6. The normalized spacial score (nSPS) is 19.4. The Morgan fingerprint density at radius 2 is 1.67 bits per heavy atom. The maximum atomic E-state index is 10.3. The van der Waals surface area contributed by atoms with Crippen molar-refractivity contribution in [3.05, 3.63) is 47.5 Å². The van der Waals surface area contributed by atoms with Crippen molar-refractivity contribution in [2.45, 2.75) is 25.8 Å². The van der Waals surface area contributed by atoms with Gasteiger partial charge in [0.25, 0.3) is 0 Å². The number of aliphatic hydroxyl groups is 1. The minimum absolute atomic E-state index is 0.161. The third-order valence-electron chi connectivity index (χ3n) is 5.92. The number of ether oxygens (including phenoxy) is 4. The van der Waals surface area contributed by atoms with Gasteiger partial charge in [-0.2, -0.15) is 0 Å². The third kappa shape index (κ3) is 4.99. The molecule has 0 saturated carbocycles. The quantitative estimate of drug-likeness (QED) is 0.676. The van der Waals surface area contributed by atoms with E-state index in [0.29, 0.717) is 17.2 Å². The molecule has 0 unspecified atom stereocenters. The van der Waals surface area contributed by atoms with Crippen LogP contribution in [0.3, 0.4) is 0 Å². The van der Waals surface area contributed by atoms with E-state index in [1.807, 2.05) is 24.3 Å². The molecule has 2 aromatic rings. The van der Waals surface area contributed by atoms with Crippen LogP contribution in [-0.4, -0.2) is 58.1 Å². The number of piperidine rings is 1. The molecule has 0 aliphatic carbocycles. The molecule has 1 aliphatic heterocycles. The van der Waals surface area contributed by atoms with E-state index in [0.717, 1.165) is 50.2 Å². The SMILES string of the molecule is COc1cccc(C[C@]2(CO)CCCN(Cc3cc(OC)c(OC)c(OC)c3)C2)c1. The maximum Gasteiger partial charge on any atom is 0.203 e. The first kappa shape index (κ1) is 22.2. The molecule has 0 aromatic heterocycles. The van der Waals surface area contributed by atoms with E-state index in [-0.39, 0.29) is 12.0 Å². The van der Waals surface area contributed by atoms with Crippen molar-refractivity contribution in [2.24, 2.45) is 5.41 Å². The molecule has 3 rings (SSSR count). The number of likely N-dealkylation sites (tertiary alicyclic amines) is 1. The van der Waals surface area contributed by atoms with Crippen LogP contribution in [0.25, 0.3) is 0 Å². The minimum atomic E-state index is -0.161. The van der Waals surface area contributed by atoms with E-state index in [9.17, 15) is 5.11 Å². The van der Waals surface area contributed by atoms with Gasteiger partial charge in [0, 0.05) is 18.5 Å². The zero-order valence-electron chi connectivity index (χ0n) is 18.4. The van der Waals surface area contributed by atoms with Crippen molar-refractivity contribution in [3.63, 3.8) is 0 Å². The standard InChI is InChI=1S/C24H33NO5/c1-27-20-8-5-7-18(11-20)14-24(17-26)9-6-10-25(16-24)15-19-12-21(28-2)23(30-4)22(13-19)29-3/h5,7-8,11-13,26H,6,9-10,14-17H2,1-4H3/t24-/m1/s1. The van der Waals surface area contributed by atoms with Gasteiger partial charge in [-0.15, -0.1) is 0 Å². The maximum absolute atomic E-state index is 10.3. The molecule has 6 heteroatoms. The smallest absolute Gasteiger partial charge is 0.203 e. The molecule has 1 saturated heterocycles. The molecule has 164 valence electrons. The predicted molar refractivity (Wildman–Crippen MR) is 117 cm³/mol. The van der Waals surface area contributed by atoms with Crippen LogP contribution in [0.5, 0.6) is 23.0 Å². The largest absolute Gasteiger partial charge is 0.497 e. The van der Waals surface area contributed by atoms with Gasteiger partial charge in [0.2, 0.25) is 5.75 Å². The lowest BCUT2D eigenvalue weighted by Crippen LogP contribution is -2.46. The van der Waals surface area contributed by atoms with Gasteiger partial charge in [0.1, 0.15) is 5.75 Å². The summed E-state index contributed by atoms with van der Waals surface area (Å²) in [6.07, 6.45) is 2.88. The second-order valence-electron chi connectivity index (χ2n) is 8.03. The molecule has 1 heterocycles. The average Bonchev–Trinajstić information content (AvgIpc) is 2.78. The summed E-state index contributed by atoms with van der Waals surface area (Å²) in [6, 6.07) is 12.1. The van der Waals surface area contributed by atoms with Gasteiger partial charge in [-0.25, -0.2) is 0 Å². The van der Waals surface area contributed by atoms with Gasteiger partial charge in [-0.1, -0.05) is 12.1 Å². The predicted octanol–water partition coefficient (Wildman–Crippen LogP) is 3.54. The summed E-state index contributed by atoms with van der Waals surface area (Å²) in [5, 5.41) is 10.3. The second kappa shape index (κ2) is 10.0. The number of rotatable bonds is 9. The minimum Gasteiger partial charge on any atom is -0.497 e. The highest BCUT2D eigenvalue weighted by atomic mass is 16.5. The first-order chi connectivity index (χ1) is 14.6. The topological polar surface area (TPSA) is 60.4 Å². The van der Waals surface area contributed by atoms with Crippen molar-refractivity contribution in [1.29, 1.82) is 0 Å². The molecule has 1 fully saturated rings. The van der Waals surface area contributed by atoms with Crippen LogP contribution in [-0.2, 0) is 13.0 Å². The number of hydrogen-bond donors (Lipinski definition) is 1. The summed E-state index contributed by atoms with van der Waals surface area (Å²) in [5.41, 5.74) is 2.13. The highest BCUT2D eigenvalue weighted by Crippen LogP contribution is 2.39. The summed E-state index contributed by atoms with van der Waals surface area (Å²) in [4.78, 5) is 2.40. The van der Waals surface area contributed by atoms with E-state index in [1.165, 1.54) is 5.56 Å². The number of aliphatic hydroxyl groups excluding tert-OH is 1. The molecule has 1 atom stereocenters. The second-order valence-corrected chi connectivity index (χ2v) is 8.03. The van der Waals surface area contributed by atoms with Crippen molar-refractivity contribution in [1.82, 2.24) is 4.90 Å². The van der Waals surface area contributed by atoms with Gasteiger partial charge in [-0.05, 0) is 61.2 Å². The number of benzene rings is 2. The summed E-state index contributed by atoms with van der Waals surface area (Å²) in [6.45, 7) is 2.75. The molecule has 2 aromatic carbocycles. The van der Waals surface area contributed by atoms with Crippen LogP contribution in [0.4, 0.5) is 0 Å². The summed E-state index contributed by atoms with van der Waals surface area (Å²) < 4.78 is 21.8. The van der Waals surface area contributed by atoms with Crippen LogP contribution in [0.1, 0.15) is 24.0 Å². The van der Waals surface area contributed by atoms with Crippen LogP contribution < -0.4 is 18.9 Å². The fourth-order valence-corrected chi connectivity index (χ4v) is 4.47. The molecule has 0 radical (unpaired) electrons. The Bertz CT molecular complexity index is 815. The first-order valence-corrected chi connectivity index (χ1v) is 10.3. The van der Waals surface area contributed by atoms with E-state index >= 15 is 0 Å². The van der Waals surface area contributed by atoms with Crippen LogP contribution in [0.2, 0.25) is 0 Å². The Hall–Kier alpha value is -2.44. The van der Waals surface area contributed by atoms with Crippen molar-refractivity contribution < 1.29 is 24.1 Å². The van der Waals surface area contributed by atoms with Crippen LogP contribution in [0.15, 0.2) is 36.4 Å². The highest BCUT2D eigenvalue weighted by Gasteiger charge is 2.35. The fourth-order valence-electron chi connectivity index (χ4n) is 4.47. The zero-order valence-corrected chi connectivity index (χ0v) is 18.4.